The normalized spacial score (nSPS) is 11.8. The van der Waals surface area contributed by atoms with Gasteiger partial charge in [0.15, 0.2) is 11.0 Å². The summed E-state index contributed by atoms with van der Waals surface area (Å²) in [5.74, 6) is 0.321. The van der Waals surface area contributed by atoms with Gasteiger partial charge in [0.25, 0.3) is 5.91 Å². The molecule has 0 unspecified atom stereocenters. The maximum Gasteiger partial charge on any atom is 0.253 e. The summed E-state index contributed by atoms with van der Waals surface area (Å²) >= 11 is 13.4. The van der Waals surface area contributed by atoms with Crippen molar-refractivity contribution in [3.63, 3.8) is 0 Å². The van der Waals surface area contributed by atoms with Gasteiger partial charge in [-0.3, -0.25) is 9.59 Å². The second-order valence-electron chi connectivity index (χ2n) is 7.51. The first-order valence-electron chi connectivity index (χ1n) is 10.4. The largest absolute Gasteiger partial charge is 0.342 e. The van der Waals surface area contributed by atoms with Crippen LogP contribution in [0, 0.1) is 13.8 Å². The highest BCUT2D eigenvalue weighted by atomic mass is 35.5. The lowest BCUT2D eigenvalue weighted by Crippen LogP contribution is -2.29. The molecule has 1 heterocycles. The number of halogens is 2. The molecule has 0 saturated carbocycles. The third-order valence-electron chi connectivity index (χ3n) is 5.05. The average Bonchev–Trinajstić information content (AvgIpc) is 3.18. The third kappa shape index (κ3) is 6.07. The van der Waals surface area contributed by atoms with Crippen LogP contribution in [0.5, 0.6) is 0 Å². The van der Waals surface area contributed by atoms with Crippen molar-refractivity contribution >= 4 is 52.5 Å². The standard InChI is InChI=1S/C23H25Cl2N5O2S/c1-5-30-21(15(4)26-22(32)17-10-9-16(24)11-18(17)25)28-29-23(30)33-12-19(31)27-20-13(2)7-6-8-14(20)3/h6-11,15H,5,12H2,1-4H3,(H,26,32)(H,27,31)/t15-/m0/s1. The van der Waals surface area contributed by atoms with Gasteiger partial charge in [0.1, 0.15) is 0 Å². The molecule has 0 bridgehead atoms. The van der Waals surface area contributed by atoms with E-state index >= 15 is 0 Å². The zero-order chi connectivity index (χ0) is 24.1. The molecule has 0 aliphatic carbocycles. The second-order valence-corrected chi connectivity index (χ2v) is 9.29. The predicted molar refractivity (Wildman–Crippen MR) is 133 cm³/mol. The molecular weight excluding hydrogens is 481 g/mol. The smallest absolute Gasteiger partial charge is 0.253 e. The van der Waals surface area contributed by atoms with Crippen molar-refractivity contribution < 1.29 is 9.59 Å². The molecule has 3 aromatic rings. The summed E-state index contributed by atoms with van der Waals surface area (Å²) in [7, 11) is 0. The summed E-state index contributed by atoms with van der Waals surface area (Å²) in [4.78, 5) is 25.2. The molecule has 174 valence electrons. The number of rotatable bonds is 8. The van der Waals surface area contributed by atoms with Crippen LogP contribution in [0.1, 0.15) is 47.2 Å². The molecule has 3 rings (SSSR count). The van der Waals surface area contributed by atoms with Crippen molar-refractivity contribution in [2.75, 3.05) is 11.1 Å². The number of hydrogen-bond acceptors (Lipinski definition) is 5. The first kappa shape index (κ1) is 25.1. The molecule has 2 amide bonds. The van der Waals surface area contributed by atoms with Gasteiger partial charge in [-0.25, -0.2) is 0 Å². The van der Waals surface area contributed by atoms with E-state index in [2.05, 4.69) is 20.8 Å². The van der Waals surface area contributed by atoms with Crippen molar-refractivity contribution in [3.05, 3.63) is 69.0 Å². The molecule has 0 spiro atoms. The van der Waals surface area contributed by atoms with Crippen molar-refractivity contribution in [2.45, 2.75) is 45.4 Å². The first-order valence-corrected chi connectivity index (χ1v) is 12.1. The van der Waals surface area contributed by atoms with Gasteiger partial charge in [0.05, 0.1) is 22.4 Å². The lowest BCUT2D eigenvalue weighted by Gasteiger charge is -2.16. The Morgan fingerprint density at radius 2 is 1.82 bits per heavy atom. The molecular formula is C23H25Cl2N5O2S. The molecule has 10 heteroatoms. The van der Waals surface area contributed by atoms with Crippen LogP contribution in [0.4, 0.5) is 5.69 Å². The number of carbonyl (C=O) groups excluding carboxylic acids is 2. The van der Waals surface area contributed by atoms with Gasteiger partial charge in [0, 0.05) is 17.3 Å². The highest BCUT2D eigenvalue weighted by Gasteiger charge is 2.21. The van der Waals surface area contributed by atoms with Gasteiger partial charge in [-0.2, -0.15) is 0 Å². The summed E-state index contributed by atoms with van der Waals surface area (Å²) in [6.07, 6.45) is 0. The van der Waals surface area contributed by atoms with Gasteiger partial charge in [-0.05, 0) is 57.0 Å². The van der Waals surface area contributed by atoms with Crippen LogP contribution in [0.2, 0.25) is 10.0 Å². The van der Waals surface area contributed by atoms with Gasteiger partial charge in [-0.1, -0.05) is 53.2 Å². The van der Waals surface area contributed by atoms with Crippen LogP contribution in [0.3, 0.4) is 0 Å². The van der Waals surface area contributed by atoms with Gasteiger partial charge in [-0.15, -0.1) is 10.2 Å². The summed E-state index contributed by atoms with van der Waals surface area (Å²) < 4.78 is 1.88. The predicted octanol–water partition coefficient (Wildman–Crippen LogP) is 5.44. The van der Waals surface area contributed by atoms with E-state index in [1.54, 1.807) is 12.1 Å². The SMILES string of the molecule is CCn1c(SCC(=O)Nc2c(C)cccc2C)nnc1[C@H](C)NC(=O)c1ccc(Cl)cc1Cl. The minimum atomic E-state index is -0.422. The Kier molecular flexibility index (Phi) is 8.40. The summed E-state index contributed by atoms with van der Waals surface area (Å²) in [6, 6.07) is 10.2. The number of benzene rings is 2. The number of nitrogens with one attached hydrogen (secondary N) is 2. The first-order chi connectivity index (χ1) is 15.7. The van der Waals surface area contributed by atoms with E-state index in [0.717, 1.165) is 16.8 Å². The average molecular weight is 506 g/mol. The van der Waals surface area contributed by atoms with E-state index in [1.807, 2.05) is 50.5 Å². The van der Waals surface area contributed by atoms with Gasteiger partial charge < -0.3 is 15.2 Å². The van der Waals surface area contributed by atoms with Crippen LogP contribution in [-0.2, 0) is 11.3 Å². The highest BCUT2D eigenvalue weighted by Crippen LogP contribution is 2.24. The number of carbonyl (C=O) groups is 2. The fourth-order valence-corrected chi connectivity index (χ4v) is 4.66. The quantitative estimate of drug-likeness (QED) is 0.397. The minimum Gasteiger partial charge on any atom is -0.342 e. The number of hydrogen-bond donors (Lipinski definition) is 2. The Morgan fingerprint density at radius 1 is 1.12 bits per heavy atom. The molecule has 7 nitrogen and oxygen atoms in total. The Labute approximate surface area is 207 Å². The molecule has 2 N–H and O–H groups in total. The maximum atomic E-state index is 12.7. The lowest BCUT2D eigenvalue weighted by molar-refractivity contribution is -0.113. The molecule has 1 atom stereocenters. The molecule has 0 fully saturated rings. The number of aromatic nitrogens is 3. The van der Waals surface area contributed by atoms with Crippen LogP contribution >= 0.6 is 35.0 Å². The summed E-state index contributed by atoms with van der Waals surface area (Å²) in [5, 5.41) is 15.7. The zero-order valence-corrected chi connectivity index (χ0v) is 21.1. The van der Waals surface area contributed by atoms with Crippen LogP contribution in [-0.4, -0.2) is 32.3 Å². The Morgan fingerprint density at radius 3 is 2.45 bits per heavy atom. The van der Waals surface area contributed by atoms with Crippen molar-refractivity contribution in [3.8, 4) is 0 Å². The number of aryl methyl sites for hydroxylation is 2. The highest BCUT2D eigenvalue weighted by molar-refractivity contribution is 7.99. The van der Waals surface area contributed by atoms with Gasteiger partial charge in [0.2, 0.25) is 5.91 Å². The monoisotopic (exact) mass is 505 g/mol. The van der Waals surface area contributed by atoms with Crippen molar-refractivity contribution in [1.29, 1.82) is 0 Å². The fraction of sp³-hybridized carbons (Fsp3) is 0.304. The van der Waals surface area contributed by atoms with Crippen molar-refractivity contribution in [1.82, 2.24) is 20.1 Å². The summed E-state index contributed by atoms with van der Waals surface area (Å²) in [6.45, 7) is 8.29. The van der Waals surface area contributed by atoms with Crippen molar-refractivity contribution in [2.24, 2.45) is 0 Å². The Balaban J connectivity index is 1.66. The van der Waals surface area contributed by atoms with Crippen LogP contribution in [0.25, 0.3) is 0 Å². The topological polar surface area (TPSA) is 88.9 Å². The molecule has 2 aromatic carbocycles. The van der Waals surface area contributed by atoms with E-state index in [1.165, 1.54) is 17.8 Å². The number of nitrogens with zero attached hydrogens (tertiary/aromatic N) is 3. The Hall–Kier alpha value is -2.55. The van der Waals surface area contributed by atoms with Crippen LogP contribution in [0.15, 0.2) is 41.6 Å². The van der Waals surface area contributed by atoms with E-state index in [4.69, 9.17) is 23.2 Å². The van der Waals surface area contributed by atoms with E-state index in [0.29, 0.717) is 28.1 Å². The zero-order valence-electron chi connectivity index (χ0n) is 18.8. The number of amides is 2. The molecule has 0 saturated heterocycles. The lowest BCUT2D eigenvalue weighted by atomic mass is 10.1. The molecule has 0 radical (unpaired) electrons. The number of anilines is 1. The third-order valence-corrected chi connectivity index (χ3v) is 6.56. The molecule has 33 heavy (non-hydrogen) atoms. The Bertz CT molecular complexity index is 1160. The summed E-state index contributed by atoms with van der Waals surface area (Å²) in [5.41, 5.74) is 3.18. The number of thioether (sulfide) groups is 1. The fourth-order valence-electron chi connectivity index (χ4n) is 3.35. The van der Waals surface area contributed by atoms with E-state index in [9.17, 15) is 9.59 Å². The number of para-hydroxylation sites is 1. The molecule has 1 aromatic heterocycles. The van der Waals surface area contributed by atoms with E-state index < -0.39 is 6.04 Å². The molecule has 0 aliphatic rings. The van der Waals surface area contributed by atoms with Gasteiger partial charge >= 0.3 is 0 Å². The molecule has 0 aliphatic heterocycles. The maximum absolute atomic E-state index is 12.7. The van der Waals surface area contributed by atoms with Crippen LogP contribution < -0.4 is 10.6 Å². The minimum absolute atomic E-state index is 0.122. The van der Waals surface area contributed by atoms with E-state index in [-0.39, 0.29) is 22.6 Å². The second kappa shape index (κ2) is 11.0.